The Morgan fingerprint density at radius 2 is 1.75 bits per heavy atom. The topological polar surface area (TPSA) is 77.4 Å². The van der Waals surface area contributed by atoms with E-state index in [1.807, 2.05) is 0 Å². The molecule has 0 aliphatic heterocycles. The highest BCUT2D eigenvalue weighted by atomic mass is 32.2. The molecule has 1 fully saturated rings. The molecule has 12 heavy (non-hydrogen) atoms. The van der Waals surface area contributed by atoms with Crippen LogP contribution in [-0.4, -0.2) is 23.5 Å². The van der Waals surface area contributed by atoms with Crippen LogP contribution in [0.4, 0.5) is 0 Å². The minimum Gasteiger partial charge on any atom is -0.746 e. The first-order valence-corrected chi connectivity index (χ1v) is 5.62. The van der Waals surface area contributed by atoms with Crippen LogP contribution in [0, 0.1) is 5.92 Å². The van der Waals surface area contributed by atoms with Gasteiger partial charge in [0.05, 0.1) is 0 Å². The maximum absolute atomic E-state index is 10.4. The van der Waals surface area contributed by atoms with E-state index in [0.29, 0.717) is 12.8 Å². The molecular formula is C7H13O4S-. The van der Waals surface area contributed by atoms with Crippen molar-refractivity contribution in [3.05, 3.63) is 0 Å². The lowest BCUT2D eigenvalue weighted by molar-refractivity contribution is 0.139. The quantitative estimate of drug-likeness (QED) is 0.645. The molecule has 0 heterocycles. The summed E-state index contributed by atoms with van der Waals surface area (Å²) >= 11 is 0. The molecular weight excluding hydrogens is 180 g/mol. The molecule has 1 saturated carbocycles. The number of aliphatic hydroxyl groups is 1. The minimum absolute atomic E-state index is 0.332. The Labute approximate surface area is 72.3 Å². The Bertz CT molecular complexity index is 228. The normalized spacial score (nSPS) is 23.8. The first-order chi connectivity index (χ1) is 5.52. The van der Waals surface area contributed by atoms with Gasteiger partial charge in [-0.15, -0.1) is 0 Å². The molecule has 1 aliphatic rings. The highest BCUT2D eigenvalue weighted by molar-refractivity contribution is 7.86. The molecule has 4 nitrogen and oxygen atoms in total. The van der Waals surface area contributed by atoms with E-state index in [1.54, 1.807) is 0 Å². The largest absolute Gasteiger partial charge is 0.746 e. The van der Waals surface area contributed by atoms with Crippen molar-refractivity contribution >= 4 is 10.1 Å². The van der Waals surface area contributed by atoms with Gasteiger partial charge in [0.1, 0.15) is 15.6 Å². The van der Waals surface area contributed by atoms with E-state index >= 15 is 0 Å². The lowest BCUT2D eigenvalue weighted by Gasteiger charge is -2.27. The first kappa shape index (κ1) is 9.95. The molecule has 1 unspecified atom stereocenters. The van der Waals surface area contributed by atoms with Crippen LogP contribution in [0.15, 0.2) is 0 Å². The van der Waals surface area contributed by atoms with Crippen molar-refractivity contribution in [2.24, 2.45) is 5.92 Å². The van der Waals surface area contributed by atoms with E-state index in [1.165, 1.54) is 0 Å². The van der Waals surface area contributed by atoms with E-state index < -0.39 is 15.6 Å². The van der Waals surface area contributed by atoms with Gasteiger partial charge in [-0.1, -0.05) is 19.3 Å². The van der Waals surface area contributed by atoms with E-state index in [2.05, 4.69) is 0 Å². The summed E-state index contributed by atoms with van der Waals surface area (Å²) in [5.41, 5.74) is -1.68. The summed E-state index contributed by atoms with van der Waals surface area (Å²) in [7, 11) is -4.50. The molecule has 0 amide bonds. The highest BCUT2D eigenvalue weighted by Crippen LogP contribution is 2.27. The Morgan fingerprint density at radius 1 is 1.25 bits per heavy atom. The predicted octanol–water partition coefficient (Wildman–Crippen LogP) is 0.430. The molecule has 0 aromatic carbocycles. The first-order valence-electron chi connectivity index (χ1n) is 4.14. The third-order valence-electron chi connectivity index (χ3n) is 2.35. The van der Waals surface area contributed by atoms with Gasteiger partial charge in [0, 0.05) is 0 Å². The molecule has 0 bridgehead atoms. The summed E-state index contributed by atoms with van der Waals surface area (Å²) in [5, 5.41) is 9.11. The fourth-order valence-electron chi connectivity index (χ4n) is 1.66. The summed E-state index contributed by atoms with van der Waals surface area (Å²) in [6, 6.07) is 0. The van der Waals surface area contributed by atoms with Crippen molar-refractivity contribution in [2.45, 2.75) is 37.5 Å². The van der Waals surface area contributed by atoms with Crippen LogP contribution in [-0.2, 0) is 10.1 Å². The van der Waals surface area contributed by atoms with Crippen LogP contribution in [0.25, 0.3) is 0 Å². The zero-order valence-corrected chi connectivity index (χ0v) is 7.59. The van der Waals surface area contributed by atoms with Gasteiger partial charge in [0.25, 0.3) is 0 Å². The SMILES string of the molecule is O=S(=O)([O-])C(O)C1CCCCC1. The van der Waals surface area contributed by atoms with Gasteiger partial charge in [-0.25, -0.2) is 8.42 Å². The van der Waals surface area contributed by atoms with Gasteiger partial charge < -0.3 is 9.66 Å². The van der Waals surface area contributed by atoms with Crippen molar-refractivity contribution in [1.82, 2.24) is 0 Å². The average Bonchev–Trinajstić information content (AvgIpc) is 2.03. The Balaban J connectivity index is 2.57. The summed E-state index contributed by atoms with van der Waals surface area (Å²) in [5.74, 6) is -0.332. The zero-order valence-electron chi connectivity index (χ0n) is 6.77. The lowest BCUT2D eigenvalue weighted by atomic mass is 9.90. The average molecular weight is 193 g/mol. The molecule has 1 aliphatic carbocycles. The maximum atomic E-state index is 10.4. The molecule has 1 rings (SSSR count). The molecule has 72 valence electrons. The van der Waals surface area contributed by atoms with Crippen LogP contribution >= 0.6 is 0 Å². The van der Waals surface area contributed by atoms with Crippen molar-refractivity contribution < 1.29 is 18.1 Å². The van der Waals surface area contributed by atoms with Crippen LogP contribution in [0.2, 0.25) is 0 Å². The molecule has 1 atom stereocenters. The van der Waals surface area contributed by atoms with Gasteiger partial charge in [-0.2, -0.15) is 0 Å². The van der Waals surface area contributed by atoms with Crippen LogP contribution in [0.3, 0.4) is 0 Å². The zero-order chi connectivity index (χ0) is 9.19. The Morgan fingerprint density at radius 3 is 2.17 bits per heavy atom. The van der Waals surface area contributed by atoms with Crippen molar-refractivity contribution in [3.8, 4) is 0 Å². The number of hydrogen-bond donors (Lipinski definition) is 1. The third kappa shape index (κ3) is 2.43. The van der Waals surface area contributed by atoms with Crippen molar-refractivity contribution in [2.75, 3.05) is 0 Å². The minimum atomic E-state index is -4.50. The molecule has 0 aromatic heterocycles. The van der Waals surface area contributed by atoms with Gasteiger partial charge in [-0.05, 0) is 18.8 Å². The molecule has 0 spiro atoms. The fraction of sp³-hybridized carbons (Fsp3) is 1.00. The predicted molar refractivity (Wildman–Crippen MR) is 42.3 cm³/mol. The van der Waals surface area contributed by atoms with Crippen molar-refractivity contribution in [1.29, 1.82) is 0 Å². The van der Waals surface area contributed by atoms with Crippen molar-refractivity contribution in [3.63, 3.8) is 0 Å². The lowest BCUT2D eigenvalue weighted by Crippen LogP contribution is -2.30. The van der Waals surface area contributed by atoms with Gasteiger partial charge >= 0.3 is 0 Å². The number of rotatable bonds is 2. The monoisotopic (exact) mass is 193 g/mol. The second kappa shape index (κ2) is 3.72. The summed E-state index contributed by atoms with van der Waals surface area (Å²) in [6.45, 7) is 0. The summed E-state index contributed by atoms with van der Waals surface area (Å²) < 4.78 is 31.3. The van der Waals surface area contributed by atoms with E-state index in [-0.39, 0.29) is 5.92 Å². The van der Waals surface area contributed by atoms with Crippen LogP contribution < -0.4 is 0 Å². The van der Waals surface area contributed by atoms with Gasteiger partial charge in [-0.3, -0.25) is 0 Å². The maximum Gasteiger partial charge on any atom is 0.146 e. The second-order valence-corrected chi connectivity index (χ2v) is 4.75. The van der Waals surface area contributed by atoms with Gasteiger partial charge in [0.15, 0.2) is 0 Å². The van der Waals surface area contributed by atoms with E-state index in [0.717, 1.165) is 19.3 Å². The Hall–Kier alpha value is -0.130. The van der Waals surface area contributed by atoms with Crippen LogP contribution in [0.5, 0.6) is 0 Å². The van der Waals surface area contributed by atoms with Crippen LogP contribution in [0.1, 0.15) is 32.1 Å². The Kier molecular flexibility index (Phi) is 3.09. The standard InChI is InChI=1S/C7H14O4S/c8-7(12(9,10)11)6-4-2-1-3-5-6/h6-8H,1-5H2,(H,9,10,11)/p-1. The molecule has 0 saturated heterocycles. The molecule has 0 aromatic rings. The fourth-order valence-corrected chi connectivity index (χ4v) is 2.40. The molecule has 5 heteroatoms. The second-order valence-electron chi connectivity index (χ2n) is 3.28. The number of hydrogen-bond acceptors (Lipinski definition) is 4. The van der Waals surface area contributed by atoms with E-state index in [4.69, 9.17) is 5.11 Å². The third-order valence-corrected chi connectivity index (χ3v) is 3.33. The summed E-state index contributed by atoms with van der Waals surface area (Å²) in [6.07, 6.45) is 4.21. The smallest absolute Gasteiger partial charge is 0.146 e. The molecule has 1 N–H and O–H groups in total. The highest BCUT2D eigenvalue weighted by Gasteiger charge is 2.25. The molecule has 0 radical (unpaired) electrons. The number of aliphatic hydroxyl groups excluding tert-OH is 1. The van der Waals surface area contributed by atoms with Gasteiger partial charge in [0.2, 0.25) is 0 Å². The summed E-state index contributed by atoms with van der Waals surface area (Å²) in [4.78, 5) is 0. The van der Waals surface area contributed by atoms with E-state index in [9.17, 15) is 13.0 Å².